The molecular weight excluding hydrogens is 665 g/mol. The number of benzene rings is 4. The molecule has 0 amide bonds. The molecule has 10 nitrogen and oxygen atoms in total. The highest BCUT2D eigenvalue weighted by molar-refractivity contribution is 7.94. The molecule has 0 saturated heterocycles. The van der Waals surface area contributed by atoms with Gasteiger partial charge in [-0.2, -0.15) is 13.0 Å². The Bertz CT molecular complexity index is 2060. The fourth-order valence-electron chi connectivity index (χ4n) is 5.80. The number of fused-ring (bicyclic) bond motifs is 2. The minimum absolute atomic E-state index is 0.204. The molecule has 0 aliphatic carbocycles. The topological polar surface area (TPSA) is 123 Å². The highest BCUT2D eigenvalue weighted by Crippen LogP contribution is 2.42. The van der Waals surface area contributed by atoms with Gasteiger partial charge in [0.15, 0.2) is 12.3 Å². The van der Waals surface area contributed by atoms with E-state index in [1.807, 2.05) is 103 Å². The summed E-state index contributed by atoms with van der Waals surface area (Å²) in [6.45, 7) is 2.97. The molecule has 0 radical (unpaired) electrons. The molecule has 0 atom stereocenters. The summed E-state index contributed by atoms with van der Waals surface area (Å²) in [7, 11) is -4.12. The molecule has 12 heteroatoms. The lowest BCUT2D eigenvalue weighted by Gasteiger charge is -2.19. The molecule has 0 spiro atoms. The van der Waals surface area contributed by atoms with Crippen molar-refractivity contribution >= 4 is 45.0 Å². The van der Waals surface area contributed by atoms with Crippen LogP contribution >= 0.6 is 12.0 Å². The summed E-state index contributed by atoms with van der Waals surface area (Å²) in [6.07, 6.45) is 5.51. The number of aryl methyl sites for hydroxylation is 1. The fourth-order valence-corrected chi connectivity index (χ4v) is 6.66. The lowest BCUT2D eigenvalue weighted by molar-refractivity contribution is -0.677. The van der Waals surface area contributed by atoms with Gasteiger partial charge >= 0.3 is 5.89 Å². The minimum atomic E-state index is -4.12. The third-order valence-electron chi connectivity index (χ3n) is 8.17. The van der Waals surface area contributed by atoms with Crippen LogP contribution in [0.15, 0.2) is 119 Å². The van der Waals surface area contributed by atoms with Crippen molar-refractivity contribution in [1.29, 1.82) is 0 Å². The van der Waals surface area contributed by atoms with Gasteiger partial charge in [-0.25, -0.2) is 5.26 Å². The van der Waals surface area contributed by atoms with Gasteiger partial charge in [-0.05, 0) is 58.9 Å². The van der Waals surface area contributed by atoms with E-state index in [1.165, 1.54) is 0 Å². The zero-order valence-electron chi connectivity index (χ0n) is 26.9. The van der Waals surface area contributed by atoms with Gasteiger partial charge in [0, 0.05) is 42.9 Å². The fraction of sp³-hybridized carbons (Fsp3) is 0.216. The average Bonchev–Trinajstić information content (AvgIpc) is 3.63. The van der Waals surface area contributed by atoms with E-state index in [1.54, 1.807) is 0 Å². The van der Waals surface area contributed by atoms with Gasteiger partial charge in [-0.1, -0.05) is 84.8 Å². The SMILES string of the molecule is CCC(=Cc1oc2ccc(-c3ccccc3)cc2[n+]1CCCSOOO)C=C1Oc2ccc(-c3ccccc3)cc2N1CCCS(=O)(=O)O. The summed E-state index contributed by atoms with van der Waals surface area (Å²) in [5.74, 6) is 2.07. The smallest absolute Gasteiger partial charge is 0.374 e. The first-order chi connectivity index (χ1) is 23.8. The second kappa shape index (κ2) is 15.9. The van der Waals surface area contributed by atoms with E-state index in [0.29, 0.717) is 49.2 Å². The van der Waals surface area contributed by atoms with Crippen LogP contribution in [0.25, 0.3) is 39.4 Å². The highest BCUT2D eigenvalue weighted by Gasteiger charge is 2.28. The van der Waals surface area contributed by atoms with Crippen LogP contribution in [0.3, 0.4) is 0 Å². The standard InChI is InChI=1S/C37H36N2O8S2/c1-2-27(23-36-38(19-9-21-48-47-46-40)32-25-30(15-17-34(32)44-36)28-11-5-3-6-12-28)24-37-39(20-10-22-49(41,42)43)33-26-31(16-18-35(33)45-37)29-13-7-4-8-14-29/h3-8,11-18,23-26H,2,9-10,19-22H2,1H3,(H-,40,41,42,43)/p+1. The van der Waals surface area contributed by atoms with Crippen LogP contribution in [0.1, 0.15) is 32.1 Å². The van der Waals surface area contributed by atoms with E-state index in [0.717, 1.165) is 56.7 Å². The Labute approximate surface area is 289 Å². The number of hydrogen-bond acceptors (Lipinski definition) is 9. The van der Waals surface area contributed by atoms with Crippen molar-refractivity contribution in [2.75, 3.05) is 23.0 Å². The Hall–Kier alpha value is -4.43. The van der Waals surface area contributed by atoms with Gasteiger partial charge in [0.05, 0.1) is 17.5 Å². The number of anilines is 1. The first-order valence-electron chi connectivity index (χ1n) is 16.0. The molecule has 5 aromatic rings. The van der Waals surface area contributed by atoms with Crippen LogP contribution in [0.2, 0.25) is 0 Å². The van der Waals surface area contributed by atoms with E-state index < -0.39 is 10.1 Å². The van der Waals surface area contributed by atoms with Crippen molar-refractivity contribution in [2.24, 2.45) is 0 Å². The van der Waals surface area contributed by atoms with E-state index in [-0.39, 0.29) is 12.2 Å². The van der Waals surface area contributed by atoms with Crippen molar-refractivity contribution in [3.8, 4) is 28.0 Å². The number of aromatic nitrogens is 1. The number of ether oxygens (including phenoxy) is 1. The molecule has 0 fully saturated rings. The molecule has 49 heavy (non-hydrogen) atoms. The second-order valence-electron chi connectivity index (χ2n) is 11.5. The molecule has 4 aromatic carbocycles. The molecular formula is C37H37N2O8S2+. The van der Waals surface area contributed by atoms with Gasteiger partial charge in [0.1, 0.15) is 0 Å². The van der Waals surface area contributed by atoms with Crippen molar-refractivity contribution < 1.29 is 41.3 Å². The van der Waals surface area contributed by atoms with Crippen LogP contribution in [-0.2, 0) is 26.0 Å². The molecule has 1 aliphatic heterocycles. The third-order valence-corrected chi connectivity index (χ3v) is 9.59. The van der Waals surface area contributed by atoms with E-state index in [9.17, 15) is 13.0 Å². The molecule has 0 saturated carbocycles. The van der Waals surface area contributed by atoms with Gasteiger partial charge in [-0.3, -0.25) is 4.55 Å². The van der Waals surface area contributed by atoms with Gasteiger partial charge < -0.3 is 14.1 Å². The minimum Gasteiger partial charge on any atom is -0.439 e. The van der Waals surface area contributed by atoms with Crippen LogP contribution in [0.4, 0.5) is 5.69 Å². The number of rotatable bonds is 15. The summed E-state index contributed by atoms with van der Waals surface area (Å²) in [4.78, 5) is 1.95. The maximum atomic E-state index is 11.6. The molecule has 2 heterocycles. The predicted octanol–water partition coefficient (Wildman–Crippen LogP) is 8.33. The van der Waals surface area contributed by atoms with Crippen LogP contribution in [-0.4, -0.2) is 36.3 Å². The highest BCUT2D eigenvalue weighted by atomic mass is 32.2. The van der Waals surface area contributed by atoms with Gasteiger partial charge in [0.2, 0.25) is 11.5 Å². The molecule has 1 aromatic heterocycles. The monoisotopic (exact) mass is 701 g/mol. The molecule has 6 rings (SSSR count). The Morgan fingerprint density at radius 3 is 2.29 bits per heavy atom. The molecule has 1 aliphatic rings. The Morgan fingerprint density at radius 1 is 0.918 bits per heavy atom. The summed E-state index contributed by atoms with van der Waals surface area (Å²) in [6, 6.07) is 32.2. The molecule has 0 unspecified atom stereocenters. The Morgan fingerprint density at radius 2 is 1.61 bits per heavy atom. The van der Waals surface area contributed by atoms with Crippen molar-refractivity contribution in [3.63, 3.8) is 0 Å². The molecule has 0 bridgehead atoms. The number of oxazole rings is 1. The normalized spacial score (nSPS) is 14.1. The predicted molar refractivity (Wildman–Crippen MR) is 191 cm³/mol. The number of allylic oxidation sites excluding steroid dienone is 2. The van der Waals surface area contributed by atoms with Crippen LogP contribution in [0.5, 0.6) is 5.75 Å². The average molecular weight is 702 g/mol. The maximum Gasteiger partial charge on any atom is 0.374 e. The number of hydrogen-bond donors (Lipinski definition) is 2. The van der Waals surface area contributed by atoms with Crippen molar-refractivity contribution in [1.82, 2.24) is 0 Å². The third kappa shape index (κ3) is 8.60. The van der Waals surface area contributed by atoms with Crippen molar-refractivity contribution in [3.05, 3.63) is 120 Å². The van der Waals surface area contributed by atoms with E-state index in [2.05, 4.69) is 32.1 Å². The summed E-state index contributed by atoms with van der Waals surface area (Å²) >= 11 is 1.01. The van der Waals surface area contributed by atoms with Gasteiger partial charge in [-0.15, -0.1) is 4.33 Å². The largest absolute Gasteiger partial charge is 0.439 e. The first kappa shape index (κ1) is 34.4. The lowest BCUT2D eigenvalue weighted by atomic mass is 10.0. The molecule has 2 N–H and O–H groups in total. The second-order valence-corrected chi connectivity index (χ2v) is 13.8. The first-order valence-corrected chi connectivity index (χ1v) is 18.5. The van der Waals surface area contributed by atoms with Crippen molar-refractivity contribution in [2.45, 2.75) is 32.7 Å². The maximum absolute atomic E-state index is 11.6. The lowest BCUT2D eigenvalue weighted by Crippen LogP contribution is -2.35. The Balaban J connectivity index is 1.37. The van der Waals surface area contributed by atoms with Crippen LogP contribution in [0, 0.1) is 0 Å². The van der Waals surface area contributed by atoms with E-state index in [4.69, 9.17) is 14.4 Å². The summed E-state index contributed by atoms with van der Waals surface area (Å²) < 4.78 is 52.1. The zero-order chi connectivity index (χ0) is 34.2. The van der Waals surface area contributed by atoms with Crippen LogP contribution < -0.4 is 14.2 Å². The number of nitrogens with zero attached hydrogens (tertiary/aromatic N) is 2. The molecule has 254 valence electrons. The van der Waals surface area contributed by atoms with Gasteiger partial charge in [0.25, 0.3) is 15.6 Å². The zero-order valence-corrected chi connectivity index (χ0v) is 28.5. The Kier molecular flexibility index (Phi) is 11.1. The quantitative estimate of drug-likeness (QED) is 0.0275. The van der Waals surface area contributed by atoms with E-state index >= 15 is 0 Å². The summed E-state index contributed by atoms with van der Waals surface area (Å²) in [5, 5.41) is 12.2. The summed E-state index contributed by atoms with van der Waals surface area (Å²) in [5.41, 5.74) is 7.63.